The number of likely N-dealkylation sites (tertiary alicyclic amines) is 1. The van der Waals surface area contributed by atoms with Crippen molar-refractivity contribution >= 4 is 12.0 Å². The number of halogens is 3. The van der Waals surface area contributed by atoms with E-state index in [-0.39, 0.29) is 17.4 Å². The Morgan fingerprint density at radius 2 is 2.05 bits per heavy atom. The summed E-state index contributed by atoms with van der Waals surface area (Å²) in [5.41, 5.74) is -0.780. The number of hydrogen-bond acceptors (Lipinski definition) is 5. The number of carbonyl (C=O) groups is 1. The van der Waals surface area contributed by atoms with Crippen LogP contribution in [-0.2, 0) is 22.8 Å². The molecule has 4 aliphatic rings. The lowest BCUT2D eigenvalue weighted by atomic mass is 9.50. The van der Waals surface area contributed by atoms with Crippen molar-refractivity contribution in [3.05, 3.63) is 76.9 Å². The Labute approximate surface area is 212 Å². The molecule has 1 spiro atoms. The van der Waals surface area contributed by atoms with Gasteiger partial charge in [0.05, 0.1) is 17.0 Å². The molecule has 2 bridgehead atoms. The lowest BCUT2D eigenvalue weighted by molar-refractivity contribution is -0.150. The summed E-state index contributed by atoms with van der Waals surface area (Å²) in [5, 5.41) is 22.8. The third kappa shape index (κ3) is 3.23. The highest BCUT2D eigenvalue weighted by Gasteiger charge is 2.71. The zero-order chi connectivity index (χ0) is 26.3. The number of amides is 1. The molecule has 1 saturated heterocycles. The third-order valence-corrected chi connectivity index (χ3v) is 8.71. The summed E-state index contributed by atoms with van der Waals surface area (Å²) in [5.74, 6) is -0.0596. The first kappa shape index (κ1) is 24.1. The third-order valence-electron chi connectivity index (χ3n) is 8.71. The van der Waals surface area contributed by atoms with Gasteiger partial charge in [0.15, 0.2) is 11.5 Å². The molecular weight excluding hydrogens is 485 g/mol. The Morgan fingerprint density at radius 1 is 1.27 bits per heavy atom. The summed E-state index contributed by atoms with van der Waals surface area (Å²) in [6.45, 7) is 0.717. The lowest BCUT2D eigenvalue weighted by Gasteiger charge is -2.62. The van der Waals surface area contributed by atoms with Gasteiger partial charge in [-0.1, -0.05) is 30.4 Å². The van der Waals surface area contributed by atoms with Crippen LogP contribution in [0.2, 0.25) is 0 Å². The molecule has 2 aliphatic carbocycles. The first-order valence-corrected chi connectivity index (χ1v) is 12.2. The molecule has 0 aromatic heterocycles. The Bertz CT molecular complexity index is 1360. The molecule has 2 unspecified atom stereocenters. The van der Waals surface area contributed by atoms with Crippen molar-refractivity contribution in [3.8, 4) is 11.5 Å². The van der Waals surface area contributed by atoms with Crippen LogP contribution < -0.4 is 4.74 Å². The van der Waals surface area contributed by atoms with Gasteiger partial charge in [-0.25, -0.2) is 0 Å². The second-order valence-electron chi connectivity index (χ2n) is 10.5. The number of likely N-dealkylation sites (N-methyl/N-ethyl adjacent to an activating group) is 2. The summed E-state index contributed by atoms with van der Waals surface area (Å²) >= 11 is 0. The smallest absolute Gasteiger partial charge is 0.416 e. The fraction of sp³-hybridized carbons (Fsp3) is 0.393. The number of piperidine rings is 1. The van der Waals surface area contributed by atoms with Gasteiger partial charge in [-0.2, -0.15) is 13.2 Å². The summed E-state index contributed by atoms with van der Waals surface area (Å²) in [6, 6.07) is 7.51. The van der Waals surface area contributed by atoms with E-state index in [1.165, 1.54) is 29.2 Å². The molecule has 2 N–H and O–H groups in total. The van der Waals surface area contributed by atoms with Crippen molar-refractivity contribution in [1.82, 2.24) is 9.80 Å². The van der Waals surface area contributed by atoms with E-state index in [1.54, 1.807) is 25.3 Å². The quantitative estimate of drug-likeness (QED) is 0.487. The molecule has 5 atom stereocenters. The Hall–Kier alpha value is -3.30. The molecule has 1 fully saturated rings. The number of ether oxygens (including phenoxy) is 1. The van der Waals surface area contributed by atoms with Crippen LogP contribution in [0, 0.1) is 0 Å². The normalized spacial score (nSPS) is 31.8. The van der Waals surface area contributed by atoms with Crippen LogP contribution in [0.5, 0.6) is 11.5 Å². The van der Waals surface area contributed by atoms with Crippen LogP contribution in [0.25, 0.3) is 6.08 Å². The molecule has 2 aliphatic heterocycles. The number of phenols is 1. The maximum Gasteiger partial charge on any atom is 0.416 e. The summed E-state index contributed by atoms with van der Waals surface area (Å²) in [6.07, 6.45) is 2.22. The molecule has 0 saturated carbocycles. The molecule has 2 heterocycles. The minimum Gasteiger partial charge on any atom is -0.504 e. The highest BCUT2D eigenvalue weighted by Crippen LogP contribution is 2.64. The fourth-order valence-electron chi connectivity index (χ4n) is 6.87. The number of aromatic hydroxyl groups is 1. The van der Waals surface area contributed by atoms with E-state index in [1.807, 2.05) is 13.1 Å². The zero-order valence-corrected chi connectivity index (χ0v) is 20.4. The molecule has 37 heavy (non-hydrogen) atoms. The molecular formula is C28H27F3N2O4. The van der Waals surface area contributed by atoms with Gasteiger partial charge in [-0.05, 0) is 61.8 Å². The van der Waals surface area contributed by atoms with Crippen molar-refractivity contribution in [3.63, 3.8) is 0 Å². The van der Waals surface area contributed by atoms with Crippen molar-refractivity contribution in [2.75, 3.05) is 20.6 Å². The first-order chi connectivity index (χ1) is 17.5. The number of nitrogens with zero attached hydrogens (tertiary/aromatic N) is 2. The first-order valence-electron chi connectivity index (χ1n) is 12.2. The highest BCUT2D eigenvalue weighted by molar-refractivity contribution is 5.92. The SMILES string of the molecule is CN(C(=O)/C=C/c1cccc(C(F)(F)F)c1)C1C=C[C@@]2(O)[C@H]3Cc4ccc(O)c5c4[C@@]2(CCN3C)C1O5. The Balaban J connectivity index is 1.36. The van der Waals surface area contributed by atoms with E-state index in [0.717, 1.165) is 29.8 Å². The molecule has 2 aromatic carbocycles. The van der Waals surface area contributed by atoms with E-state index in [4.69, 9.17) is 4.74 Å². The van der Waals surface area contributed by atoms with E-state index in [9.17, 15) is 28.2 Å². The van der Waals surface area contributed by atoms with Crippen LogP contribution in [0.4, 0.5) is 13.2 Å². The lowest BCUT2D eigenvalue weighted by Crippen LogP contribution is -2.76. The highest BCUT2D eigenvalue weighted by atomic mass is 19.4. The molecule has 0 radical (unpaired) electrons. The predicted octanol–water partition coefficient (Wildman–Crippen LogP) is 3.51. The number of benzene rings is 2. The van der Waals surface area contributed by atoms with Crippen molar-refractivity contribution < 1.29 is 32.9 Å². The number of carbonyl (C=O) groups excluding carboxylic acids is 1. The van der Waals surface area contributed by atoms with Gasteiger partial charge in [0.2, 0.25) is 5.91 Å². The molecule has 1 amide bonds. The maximum atomic E-state index is 13.2. The molecule has 6 rings (SSSR count). The molecule has 194 valence electrons. The largest absolute Gasteiger partial charge is 0.504 e. The maximum absolute atomic E-state index is 13.2. The van der Waals surface area contributed by atoms with Gasteiger partial charge in [-0.3, -0.25) is 9.69 Å². The van der Waals surface area contributed by atoms with Crippen LogP contribution in [-0.4, -0.2) is 70.3 Å². The van der Waals surface area contributed by atoms with Gasteiger partial charge < -0.3 is 19.8 Å². The van der Waals surface area contributed by atoms with Gasteiger partial charge in [0.1, 0.15) is 11.7 Å². The van der Waals surface area contributed by atoms with Crippen molar-refractivity contribution in [1.29, 1.82) is 0 Å². The van der Waals surface area contributed by atoms with Gasteiger partial charge in [0, 0.05) is 24.7 Å². The van der Waals surface area contributed by atoms with Crippen LogP contribution in [0.3, 0.4) is 0 Å². The summed E-state index contributed by atoms with van der Waals surface area (Å²) < 4.78 is 45.6. The molecule has 6 nitrogen and oxygen atoms in total. The minimum atomic E-state index is -4.47. The second-order valence-corrected chi connectivity index (χ2v) is 10.5. The van der Waals surface area contributed by atoms with Crippen LogP contribution >= 0.6 is 0 Å². The summed E-state index contributed by atoms with van der Waals surface area (Å²) in [4.78, 5) is 16.8. The van der Waals surface area contributed by atoms with E-state index in [2.05, 4.69) is 4.90 Å². The van der Waals surface area contributed by atoms with E-state index < -0.39 is 40.8 Å². The summed E-state index contributed by atoms with van der Waals surface area (Å²) in [7, 11) is 3.60. The Kier molecular flexibility index (Phi) is 5.10. The predicted molar refractivity (Wildman–Crippen MR) is 130 cm³/mol. The fourth-order valence-corrected chi connectivity index (χ4v) is 6.87. The number of hydrogen-bond donors (Lipinski definition) is 2. The van der Waals surface area contributed by atoms with E-state index >= 15 is 0 Å². The van der Waals surface area contributed by atoms with Crippen molar-refractivity contribution in [2.45, 2.75) is 48.2 Å². The van der Waals surface area contributed by atoms with E-state index in [0.29, 0.717) is 18.6 Å². The number of rotatable bonds is 3. The van der Waals surface area contributed by atoms with Gasteiger partial charge in [0.25, 0.3) is 0 Å². The number of alkyl halides is 3. The average Bonchev–Trinajstić information content (AvgIpc) is 3.21. The van der Waals surface area contributed by atoms with Crippen LogP contribution in [0.1, 0.15) is 28.7 Å². The average molecular weight is 513 g/mol. The Morgan fingerprint density at radius 3 is 2.81 bits per heavy atom. The topological polar surface area (TPSA) is 73.2 Å². The van der Waals surface area contributed by atoms with Gasteiger partial charge in [-0.15, -0.1) is 0 Å². The molecule has 9 heteroatoms. The standard InChI is InChI=1S/C28H27F3N2O4/c1-32-13-12-26-23-17-7-8-20(34)24(23)37-25(26)19(10-11-27(26,36)21(32)15-17)33(2)22(35)9-6-16-4-3-5-18(14-16)28(29,30)31/h3-11,14,19,21,25,34,36H,12-13,15H2,1-2H3/b9-6+/t19?,21-,25?,26+,27-/m1/s1. The number of aliphatic hydroxyl groups is 1. The number of phenolic OH excluding ortho intramolecular Hbond substituents is 1. The zero-order valence-electron chi connectivity index (χ0n) is 20.4. The van der Waals surface area contributed by atoms with Crippen molar-refractivity contribution in [2.24, 2.45) is 0 Å². The minimum absolute atomic E-state index is 0.000532. The second kappa shape index (κ2) is 7.85. The monoisotopic (exact) mass is 512 g/mol. The van der Waals surface area contributed by atoms with Gasteiger partial charge >= 0.3 is 6.18 Å². The van der Waals surface area contributed by atoms with Crippen LogP contribution in [0.15, 0.2) is 54.6 Å². The molecule has 2 aromatic rings.